The molecule has 1 fully saturated rings. The van der Waals surface area contributed by atoms with Crippen LogP contribution in [0.25, 0.3) is 0 Å². The zero-order chi connectivity index (χ0) is 21.8. The van der Waals surface area contributed by atoms with Crippen LogP contribution in [0.15, 0.2) is 40.7 Å². The number of phenols is 1. The first-order valence-electron chi connectivity index (χ1n) is 10.8. The summed E-state index contributed by atoms with van der Waals surface area (Å²) in [6, 6.07) is 9.64. The number of hydrogen-bond donors (Lipinski definition) is 2. The third-order valence-corrected chi connectivity index (χ3v) is 6.74. The van der Waals surface area contributed by atoms with Gasteiger partial charge in [0.2, 0.25) is 0 Å². The standard InChI is InChI=1S/C23H29N3O4S/c1-3-29-19-8-5-7-16(21(19)27)17-15-18(20-9-6-14-31-20)25-23(24-17)10-12-26(13-11-23)22(28)30-4-2/h5-9,14,17,24,27H,3-4,10-13,15H2,1-2H3/t17-/m1/s1. The van der Waals surface area contributed by atoms with Gasteiger partial charge in [-0.2, -0.15) is 0 Å². The van der Waals surface area contributed by atoms with E-state index < -0.39 is 5.66 Å². The topological polar surface area (TPSA) is 83.4 Å². The van der Waals surface area contributed by atoms with Crippen LogP contribution >= 0.6 is 11.3 Å². The Labute approximate surface area is 186 Å². The quantitative estimate of drug-likeness (QED) is 0.719. The van der Waals surface area contributed by atoms with Crippen molar-refractivity contribution >= 4 is 23.1 Å². The van der Waals surface area contributed by atoms with Crippen molar-refractivity contribution < 1.29 is 19.4 Å². The van der Waals surface area contributed by atoms with Crippen molar-refractivity contribution in [2.45, 2.75) is 44.8 Å². The number of nitrogens with zero attached hydrogens (tertiary/aromatic N) is 2. The van der Waals surface area contributed by atoms with E-state index in [1.165, 1.54) is 0 Å². The molecule has 2 aliphatic heterocycles. The highest BCUT2D eigenvalue weighted by atomic mass is 32.1. The van der Waals surface area contributed by atoms with Crippen molar-refractivity contribution in [1.82, 2.24) is 10.2 Å². The maximum atomic E-state index is 12.2. The molecule has 1 aromatic carbocycles. The summed E-state index contributed by atoms with van der Waals surface area (Å²) < 4.78 is 10.8. The molecule has 0 radical (unpaired) electrons. The molecule has 0 aliphatic carbocycles. The fourth-order valence-electron chi connectivity index (χ4n) is 4.31. The van der Waals surface area contributed by atoms with Crippen LogP contribution in [0, 0.1) is 0 Å². The summed E-state index contributed by atoms with van der Waals surface area (Å²) in [6.45, 7) is 5.73. The molecule has 2 N–H and O–H groups in total. The molecule has 1 saturated heterocycles. The summed E-state index contributed by atoms with van der Waals surface area (Å²) in [5.74, 6) is 0.668. The Bertz CT molecular complexity index is 936. The molecule has 31 heavy (non-hydrogen) atoms. The van der Waals surface area contributed by atoms with E-state index in [1.54, 1.807) is 22.3 Å². The van der Waals surface area contributed by atoms with Crippen LogP contribution in [0.5, 0.6) is 11.5 Å². The van der Waals surface area contributed by atoms with Crippen LogP contribution in [-0.4, -0.2) is 53.8 Å². The van der Waals surface area contributed by atoms with E-state index in [0.717, 1.165) is 16.2 Å². The Kier molecular flexibility index (Phi) is 6.48. The van der Waals surface area contributed by atoms with E-state index in [9.17, 15) is 9.90 Å². The SMILES string of the molecule is CCOC(=O)N1CCC2(CC1)N=C(c1cccs1)C[C@H](c1cccc(OCC)c1O)N2. The summed E-state index contributed by atoms with van der Waals surface area (Å²) in [5.41, 5.74) is 1.35. The summed E-state index contributed by atoms with van der Waals surface area (Å²) in [4.78, 5) is 20.2. The lowest BCUT2D eigenvalue weighted by Crippen LogP contribution is -2.56. The first-order valence-corrected chi connectivity index (χ1v) is 11.7. The van der Waals surface area contributed by atoms with Crippen LogP contribution in [0.4, 0.5) is 4.79 Å². The molecule has 166 valence electrons. The zero-order valence-corrected chi connectivity index (χ0v) is 18.8. The first-order chi connectivity index (χ1) is 15.0. The molecular weight excluding hydrogens is 414 g/mol. The van der Waals surface area contributed by atoms with Gasteiger partial charge >= 0.3 is 6.09 Å². The molecule has 1 spiro atoms. The molecule has 0 saturated carbocycles. The summed E-state index contributed by atoms with van der Waals surface area (Å²) in [5, 5.41) is 16.6. The van der Waals surface area contributed by atoms with Gasteiger partial charge in [-0.15, -0.1) is 11.3 Å². The van der Waals surface area contributed by atoms with Gasteiger partial charge in [0.15, 0.2) is 11.5 Å². The molecule has 1 amide bonds. The molecule has 2 aliphatic rings. The van der Waals surface area contributed by atoms with E-state index in [4.69, 9.17) is 14.5 Å². The predicted octanol–water partition coefficient (Wildman–Crippen LogP) is 4.32. The number of carbonyl (C=O) groups excluding carboxylic acids is 1. The van der Waals surface area contributed by atoms with Gasteiger partial charge in [-0.3, -0.25) is 10.3 Å². The van der Waals surface area contributed by atoms with Crippen LogP contribution in [0.1, 0.15) is 49.6 Å². The number of carbonyl (C=O) groups is 1. The Hall–Kier alpha value is -2.58. The van der Waals surface area contributed by atoms with Gasteiger partial charge in [-0.05, 0) is 31.4 Å². The van der Waals surface area contributed by atoms with E-state index in [0.29, 0.717) is 51.3 Å². The van der Waals surface area contributed by atoms with Crippen LogP contribution in [0.2, 0.25) is 0 Å². The van der Waals surface area contributed by atoms with E-state index in [1.807, 2.05) is 32.0 Å². The van der Waals surface area contributed by atoms with Crippen molar-refractivity contribution in [1.29, 1.82) is 0 Å². The third kappa shape index (κ3) is 4.55. The van der Waals surface area contributed by atoms with Gasteiger partial charge in [0.05, 0.1) is 18.9 Å². The van der Waals surface area contributed by atoms with E-state index in [2.05, 4.69) is 16.8 Å². The van der Waals surface area contributed by atoms with Crippen molar-refractivity contribution in [2.75, 3.05) is 26.3 Å². The minimum atomic E-state index is -0.487. The maximum absolute atomic E-state index is 12.2. The molecule has 8 heteroatoms. The normalized spacial score (nSPS) is 20.4. The van der Waals surface area contributed by atoms with Crippen molar-refractivity contribution in [3.8, 4) is 11.5 Å². The summed E-state index contributed by atoms with van der Waals surface area (Å²) in [7, 11) is 0. The van der Waals surface area contributed by atoms with Crippen molar-refractivity contribution in [3.05, 3.63) is 46.2 Å². The van der Waals surface area contributed by atoms with Crippen molar-refractivity contribution in [3.63, 3.8) is 0 Å². The Balaban J connectivity index is 1.63. The fourth-order valence-corrected chi connectivity index (χ4v) is 5.04. The second-order valence-corrected chi connectivity index (χ2v) is 8.73. The largest absolute Gasteiger partial charge is 0.504 e. The highest BCUT2D eigenvalue weighted by molar-refractivity contribution is 7.12. The highest BCUT2D eigenvalue weighted by Gasteiger charge is 2.42. The number of rotatable bonds is 5. The van der Waals surface area contributed by atoms with E-state index in [-0.39, 0.29) is 17.9 Å². The number of aliphatic imine (C=N–C) groups is 1. The summed E-state index contributed by atoms with van der Waals surface area (Å²) in [6.07, 6.45) is 1.77. The van der Waals surface area contributed by atoms with E-state index >= 15 is 0 Å². The number of amides is 1. The molecule has 1 atom stereocenters. The Morgan fingerprint density at radius 1 is 1.26 bits per heavy atom. The molecule has 0 bridgehead atoms. The van der Waals surface area contributed by atoms with Gasteiger partial charge < -0.3 is 19.5 Å². The van der Waals surface area contributed by atoms with Gasteiger partial charge in [0.1, 0.15) is 5.66 Å². The molecule has 0 unspecified atom stereocenters. The maximum Gasteiger partial charge on any atom is 0.409 e. The zero-order valence-electron chi connectivity index (χ0n) is 18.0. The van der Waals surface area contributed by atoms with Crippen LogP contribution in [-0.2, 0) is 4.74 Å². The number of benzene rings is 1. The highest BCUT2D eigenvalue weighted by Crippen LogP contribution is 2.41. The second kappa shape index (κ2) is 9.28. The minimum absolute atomic E-state index is 0.107. The lowest BCUT2D eigenvalue weighted by molar-refractivity contribution is 0.0778. The monoisotopic (exact) mass is 443 g/mol. The Morgan fingerprint density at radius 2 is 2.06 bits per heavy atom. The number of phenolic OH excluding ortho intramolecular Hbond substituents is 1. The van der Waals surface area contributed by atoms with Gasteiger partial charge in [0, 0.05) is 48.8 Å². The Morgan fingerprint density at radius 3 is 2.74 bits per heavy atom. The predicted molar refractivity (Wildman–Crippen MR) is 121 cm³/mol. The molecule has 2 aromatic rings. The molecular formula is C23H29N3O4S. The van der Waals surface area contributed by atoms with Crippen LogP contribution in [0.3, 0.4) is 0 Å². The number of thiophene rings is 1. The van der Waals surface area contributed by atoms with Gasteiger partial charge in [0.25, 0.3) is 0 Å². The second-order valence-electron chi connectivity index (χ2n) is 7.78. The third-order valence-electron chi connectivity index (χ3n) is 5.82. The van der Waals surface area contributed by atoms with Crippen LogP contribution < -0.4 is 10.1 Å². The van der Waals surface area contributed by atoms with Gasteiger partial charge in [-0.25, -0.2) is 4.79 Å². The first kappa shape index (κ1) is 21.6. The average Bonchev–Trinajstić information content (AvgIpc) is 3.31. The fraction of sp³-hybridized carbons (Fsp3) is 0.478. The summed E-state index contributed by atoms with van der Waals surface area (Å²) >= 11 is 1.67. The minimum Gasteiger partial charge on any atom is -0.504 e. The number of aromatic hydroxyl groups is 1. The van der Waals surface area contributed by atoms with Gasteiger partial charge in [-0.1, -0.05) is 18.2 Å². The number of likely N-dealkylation sites (tertiary alicyclic amines) is 1. The number of piperidine rings is 1. The molecule has 1 aromatic heterocycles. The number of ether oxygens (including phenoxy) is 2. The molecule has 7 nitrogen and oxygen atoms in total. The molecule has 4 rings (SSSR count). The number of para-hydroxylation sites is 1. The molecule has 3 heterocycles. The van der Waals surface area contributed by atoms with Crippen molar-refractivity contribution in [2.24, 2.45) is 4.99 Å². The number of nitrogens with one attached hydrogen (secondary N) is 1. The number of hydrogen-bond acceptors (Lipinski definition) is 7. The lowest BCUT2D eigenvalue weighted by atomic mass is 9.89. The average molecular weight is 444 g/mol. The lowest BCUT2D eigenvalue weighted by Gasteiger charge is -2.44. The smallest absolute Gasteiger partial charge is 0.409 e.